The van der Waals surface area contributed by atoms with E-state index in [2.05, 4.69) is 5.32 Å². The molecule has 0 spiro atoms. The molecule has 0 amide bonds. The molecule has 1 aromatic rings. The quantitative estimate of drug-likeness (QED) is 0.766. The second kappa shape index (κ2) is 5.83. The van der Waals surface area contributed by atoms with Gasteiger partial charge in [-0.2, -0.15) is 0 Å². The normalized spacial score (nSPS) is 10.2. The molecule has 0 aliphatic rings. The van der Waals surface area contributed by atoms with Gasteiger partial charge in [-0.1, -0.05) is 18.5 Å². The van der Waals surface area contributed by atoms with Gasteiger partial charge in [-0.3, -0.25) is 0 Å². The van der Waals surface area contributed by atoms with E-state index in [0.29, 0.717) is 12.4 Å². The average molecular weight is 218 g/mol. The van der Waals surface area contributed by atoms with Gasteiger partial charge in [0.05, 0.1) is 5.02 Å². The van der Waals surface area contributed by atoms with Crippen molar-refractivity contribution in [3.05, 3.63) is 29.0 Å². The molecular weight excluding hydrogens is 205 g/mol. The van der Waals surface area contributed by atoms with Crippen LogP contribution in [0.15, 0.2) is 18.2 Å². The first-order chi connectivity index (χ1) is 6.74. The van der Waals surface area contributed by atoms with Gasteiger partial charge in [-0.25, -0.2) is 4.39 Å². The number of halogens is 2. The molecule has 1 N–H and O–H groups in total. The van der Waals surface area contributed by atoms with Crippen LogP contribution in [0.1, 0.15) is 6.92 Å². The molecule has 0 saturated heterocycles. The SMILES string of the molecule is CCNCCOc1ccc(F)c(Cl)c1. The average Bonchev–Trinajstić information content (AvgIpc) is 2.18. The Balaban J connectivity index is 2.39. The van der Waals surface area contributed by atoms with Crippen molar-refractivity contribution >= 4 is 11.6 Å². The van der Waals surface area contributed by atoms with E-state index in [0.717, 1.165) is 13.1 Å². The Morgan fingerprint density at radius 3 is 2.93 bits per heavy atom. The highest BCUT2D eigenvalue weighted by molar-refractivity contribution is 6.30. The standard InChI is InChI=1S/C10H13ClFNO/c1-2-13-5-6-14-8-3-4-10(12)9(11)7-8/h3-4,7,13H,2,5-6H2,1H3. The summed E-state index contributed by atoms with van der Waals surface area (Å²) in [6, 6.07) is 4.33. The van der Waals surface area contributed by atoms with Gasteiger partial charge in [0.2, 0.25) is 0 Å². The van der Waals surface area contributed by atoms with Crippen LogP contribution in [0.3, 0.4) is 0 Å². The summed E-state index contributed by atoms with van der Waals surface area (Å²) in [4.78, 5) is 0. The lowest BCUT2D eigenvalue weighted by Crippen LogP contribution is -2.20. The molecule has 0 bridgehead atoms. The van der Waals surface area contributed by atoms with Crippen molar-refractivity contribution in [3.8, 4) is 5.75 Å². The van der Waals surface area contributed by atoms with E-state index in [-0.39, 0.29) is 5.02 Å². The van der Waals surface area contributed by atoms with Crippen LogP contribution >= 0.6 is 11.6 Å². The zero-order valence-corrected chi connectivity index (χ0v) is 8.77. The minimum absolute atomic E-state index is 0.0888. The monoisotopic (exact) mass is 217 g/mol. The molecule has 0 atom stereocenters. The second-order valence-corrected chi connectivity index (χ2v) is 3.19. The summed E-state index contributed by atoms with van der Waals surface area (Å²) in [7, 11) is 0. The fourth-order valence-electron chi connectivity index (χ4n) is 0.984. The van der Waals surface area contributed by atoms with Crippen LogP contribution in [0.25, 0.3) is 0 Å². The van der Waals surface area contributed by atoms with E-state index >= 15 is 0 Å². The molecule has 78 valence electrons. The predicted octanol–water partition coefficient (Wildman–Crippen LogP) is 2.47. The molecule has 14 heavy (non-hydrogen) atoms. The van der Waals surface area contributed by atoms with E-state index in [4.69, 9.17) is 16.3 Å². The highest BCUT2D eigenvalue weighted by Gasteiger charge is 2.00. The van der Waals surface area contributed by atoms with Crippen molar-refractivity contribution in [3.63, 3.8) is 0 Å². The van der Waals surface area contributed by atoms with Crippen LogP contribution in [-0.2, 0) is 0 Å². The molecule has 0 aromatic heterocycles. The minimum Gasteiger partial charge on any atom is -0.492 e. The van der Waals surface area contributed by atoms with E-state index in [9.17, 15) is 4.39 Å². The maximum atomic E-state index is 12.7. The molecule has 4 heteroatoms. The number of likely N-dealkylation sites (N-methyl/N-ethyl adjacent to an activating group) is 1. The van der Waals surface area contributed by atoms with Crippen LogP contribution in [0.2, 0.25) is 5.02 Å². The van der Waals surface area contributed by atoms with E-state index < -0.39 is 5.82 Å². The number of rotatable bonds is 5. The third-order valence-electron chi connectivity index (χ3n) is 1.69. The van der Waals surface area contributed by atoms with Crippen molar-refractivity contribution in [1.29, 1.82) is 0 Å². The smallest absolute Gasteiger partial charge is 0.142 e. The van der Waals surface area contributed by atoms with Crippen molar-refractivity contribution in [2.45, 2.75) is 6.92 Å². The van der Waals surface area contributed by atoms with Crippen molar-refractivity contribution in [2.75, 3.05) is 19.7 Å². The third-order valence-corrected chi connectivity index (χ3v) is 1.98. The summed E-state index contributed by atoms with van der Waals surface area (Å²) in [6.45, 7) is 4.25. The first kappa shape index (κ1) is 11.3. The summed E-state index contributed by atoms with van der Waals surface area (Å²) in [5.74, 6) is 0.167. The van der Waals surface area contributed by atoms with Crippen LogP contribution in [0, 0.1) is 5.82 Å². The van der Waals surface area contributed by atoms with Crippen LogP contribution in [0.5, 0.6) is 5.75 Å². The van der Waals surface area contributed by atoms with Crippen molar-refractivity contribution in [2.24, 2.45) is 0 Å². The zero-order valence-electron chi connectivity index (χ0n) is 8.02. The Hall–Kier alpha value is -0.800. The molecule has 0 heterocycles. The molecule has 2 nitrogen and oxygen atoms in total. The highest BCUT2D eigenvalue weighted by atomic mass is 35.5. The third kappa shape index (κ3) is 3.52. The van der Waals surface area contributed by atoms with Gasteiger partial charge in [-0.05, 0) is 18.7 Å². The lowest BCUT2D eigenvalue weighted by atomic mass is 10.3. The molecule has 0 aliphatic carbocycles. The van der Waals surface area contributed by atoms with Gasteiger partial charge in [0.1, 0.15) is 18.2 Å². The Labute approximate surface area is 88.0 Å². The molecule has 0 unspecified atom stereocenters. The predicted molar refractivity (Wildman–Crippen MR) is 55.4 cm³/mol. The minimum atomic E-state index is -0.425. The maximum Gasteiger partial charge on any atom is 0.142 e. The number of ether oxygens (including phenoxy) is 1. The molecule has 0 radical (unpaired) electrons. The number of benzene rings is 1. The Bertz CT molecular complexity index is 293. The summed E-state index contributed by atoms with van der Waals surface area (Å²) >= 11 is 5.58. The fourth-order valence-corrected chi connectivity index (χ4v) is 1.15. The Morgan fingerprint density at radius 1 is 1.50 bits per heavy atom. The van der Waals surface area contributed by atoms with Gasteiger partial charge in [-0.15, -0.1) is 0 Å². The van der Waals surface area contributed by atoms with Crippen LogP contribution < -0.4 is 10.1 Å². The molecular formula is C10H13ClFNO. The Morgan fingerprint density at radius 2 is 2.29 bits per heavy atom. The van der Waals surface area contributed by atoms with Gasteiger partial charge in [0, 0.05) is 12.6 Å². The first-order valence-corrected chi connectivity index (χ1v) is 4.90. The zero-order chi connectivity index (χ0) is 10.4. The lowest BCUT2D eigenvalue weighted by molar-refractivity contribution is 0.315. The summed E-state index contributed by atoms with van der Waals surface area (Å²) in [5, 5.41) is 3.20. The maximum absolute atomic E-state index is 12.7. The highest BCUT2D eigenvalue weighted by Crippen LogP contribution is 2.20. The lowest BCUT2D eigenvalue weighted by Gasteiger charge is -2.06. The van der Waals surface area contributed by atoms with Crippen molar-refractivity contribution in [1.82, 2.24) is 5.32 Å². The van der Waals surface area contributed by atoms with Crippen molar-refractivity contribution < 1.29 is 9.13 Å². The van der Waals surface area contributed by atoms with Gasteiger partial charge in [0.25, 0.3) is 0 Å². The van der Waals surface area contributed by atoms with Gasteiger partial charge < -0.3 is 10.1 Å². The molecule has 0 fully saturated rings. The number of nitrogens with one attached hydrogen (secondary N) is 1. The van der Waals surface area contributed by atoms with Crippen LogP contribution in [-0.4, -0.2) is 19.7 Å². The molecule has 0 aliphatic heterocycles. The van der Waals surface area contributed by atoms with Gasteiger partial charge >= 0.3 is 0 Å². The Kier molecular flexibility index (Phi) is 4.70. The number of hydrogen-bond donors (Lipinski definition) is 1. The fraction of sp³-hybridized carbons (Fsp3) is 0.400. The largest absolute Gasteiger partial charge is 0.492 e. The molecule has 1 rings (SSSR count). The van der Waals surface area contributed by atoms with E-state index in [1.165, 1.54) is 12.1 Å². The van der Waals surface area contributed by atoms with E-state index in [1.807, 2.05) is 6.92 Å². The second-order valence-electron chi connectivity index (χ2n) is 2.78. The molecule has 1 aromatic carbocycles. The summed E-state index contributed by atoms with van der Waals surface area (Å²) in [5.41, 5.74) is 0. The topological polar surface area (TPSA) is 21.3 Å². The first-order valence-electron chi connectivity index (χ1n) is 4.52. The van der Waals surface area contributed by atoms with Crippen LogP contribution in [0.4, 0.5) is 4.39 Å². The molecule has 0 saturated carbocycles. The van der Waals surface area contributed by atoms with E-state index in [1.54, 1.807) is 6.07 Å². The van der Waals surface area contributed by atoms with Gasteiger partial charge in [0.15, 0.2) is 0 Å². The summed E-state index contributed by atoms with van der Waals surface area (Å²) in [6.07, 6.45) is 0. The number of hydrogen-bond acceptors (Lipinski definition) is 2. The summed E-state index contributed by atoms with van der Waals surface area (Å²) < 4.78 is 18.1.